The van der Waals surface area contributed by atoms with Crippen molar-refractivity contribution in [1.29, 1.82) is 0 Å². The molecule has 0 heterocycles. The molecule has 0 aliphatic heterocycles. The Balaban J connectivity index is 0.000000431. The van der Waals surface area contributed by atoms with Crippen molar-refractivity contribution < 1.29 is 26.9 Å². The topological polar surface area (TPSA) is 74.6 Å². The molecule has 26 heavy (non-hydrogen) atoms. The highest BCUT2D eigenvalue weighted by atomic mass is 32.2. The Morgan fingerprint density at radius 2 is 1.19 bits per heavy atom. The minimum absolute atomic E-state index is 0.260. The van der Waals surface area contributed by atoms with E-state index in [4.69, 9.17) is 4.55 Å². The summed E-state index contributed by atoms with van der Waals surface area (Å²) in [4.78, 5) is 0. The highest BCUT2D eigenvalue weighted by Gasteiger charge is 2.38. The van der Waals surface area contributed by atoms with Gasteiger partial charge in [0.05, 0.1) is 12.4 Å². The van der Waals surface area contributed by atoms with Crippen molar-refractivity contribution in [2.45, 2.75) is 37.2 Å². The number of hydrogen-bond donors (Lipinski definition) is 2. The molecule has 0 spiro atoms. The molecule has 0 amide bonds. The molecule has 4 nitrogen and oxygen atoms in total. The van der Waals surface area contributed by atoms with Gasteiger partial charge in [-0.1, -0.05) is 24.3 Å². The fourth-order valence-corrected chi connectivity index (χ4v) is 3.38. The maximum absolute atomic E-state index is 13.2. The second kappa shape index (κ2) is 8.24. The molecule has 2 aromatic carbocycles. The van der Waals surface area contributed by atoms with Gasteiger partial charge in [-0.25, -0.2) is 8.78 Å². The number of halogens is 2. The molecule has 2 N–H and O–H groups in total. The lowest BCUT2D eigenvalue weighted by molar-refractivity contribution is 0.106. The molecule has 2 aromatic rings. The van der Waals surface area contributed by atoms with Crippen molar-refractivity contribution in [2.75, 3.05) is 6.26 Å². The zero-order valence-corrected chi connectivity index (χ0v) is 15.2. The summed E-state index contributed by atoms with van der Waals surface area (Å²) in [6, 6.07) is 13.1. The fraction of sp³-hybridized carbons (Fsp3) is 0.368. The van der Waals surface area contributed by atoms with Crippen LogP contribution in [0.15, 0.2) is 48.5 Å². The number of benzene rings is 2. The van der Waals surface area contributed by atoms with Gasteiger partial charge >= 0.3 is 0 Å². The molecule has 0 atom stereocenters. The van der Waals surface area contributed by atoms with Gasteiger partial charge in [-0.05, 0) is 61.1 Å². The van der Waals surface area contributed by atoms with E-state index in [1.807, 2.05) is 0 Å². The van der Waals surface area contributed by atoms with E-state index in [-0.39, 0.29) is 23.2 Å². The summed E-state index contributed by atoms with van der Waals surface area (Å²) in [6.45, 7) is 0. The first-order valence-corrected chi connectivity index (χ1v) is 10.1. The van der Waals surface area contributed by atoms with Crippen LogP contribution in [0.3, 0.4) is 0 Å². The van der Waals surface area contributed by atoms with E-state index < -0.39 is 10.1 Å². The molecule has 0 unspecified atom stereocenters. The van der Waals surface area contributed by atoms with Crippen LogP contribution in [-0.4, -0.2) is 30.4 Å². The van der Waals surface area contributed by atoms with Crippen LogP contribution in [0.1, 0.15) is 36.8 Å². The second-order valence-electron chi connectivity index (χ2n) is 6.56. The smallest absolute Gasteiger partial charge is 0.261 e. The van der Waals surface area contributed by atoms with Crippen LogP contribution < -0.4 is 0 Å². The Morgan fingerprint density at radius 3 is 1.50 bits per heavy atom. The highest BCUT2D eigenvalue weighted by Crippen LogP contribution is 2.44. The van der Waals surface area contributed by atoms with Gasteiger partial charge in [-0.2, -0.15) is 8.42 Å². The van der Waals surface area contributed by atoms with Crippen LogP contribution in [0, 0.1) is 11.6 Å². The van der Waals surface area contributed by atoms with E-state index in [0.717, 1.165) is 24.0 Å². The van der Waals surface area contributed by atoms with Crippen LogP contribution in [0.2, 0.25) is 0 Å². The molecule has 3 rings (SSSR count). The molecule has 1 fully saturated rings. The van der Waals surface area contributed by atoms with Gasteiger partial charge in [-0.15, -0.1) is 0 Å². The standard InChI is InChI=1S/C18H18F2O.CH4O3S/c19-15-5-1-13(2-6-15)18(11-9-17(21)10-12-18)14-3-7-16(20)8-4-14;1-5(2,3)4/h1-8,17,21H,9-12H2;1H3,(H,2,3,4). The molecule has 0 bridgehead atoms. The van der Waals surface area contributed by atoms with E-state index in [1.165, 1.54) is 24.3 Å². The predicted octanol–water partition coefficient (Wildman–Crippen LogP) is 3.69. The molecule has 0 aromatic heterocycles. The first kappa shape index (κ1) is 20.5. The molecule has 1 aliphatic carbocycles. The van der Waals surface area contributed by atoms with E-state index >= 15 is 0 Å². The van der Waals surface area contributed by atoms with Gasteiger partial charge in [0.25, 0.3) is 10.1 Å². The van der Waals surface area contributed by atoms with E-state index in [2.05, 4.69) is 0 Å². The van der Waals surface area contributed by atoms with Gasteiger partial charge in [0, 0.05) is 5.41 Å². The summed E-state index contributed by atoms with van der Waals surface area (Å²) >= 11 is 0. The largest absolute Gasteiger partial charge is 0.393 e. The molecule has 1 aliphatic rings. The Bertz CT molecular complexity index is 754. The van der Waals surface area contributed by atoms with Crippen molar-refractivity contribution in [2.24, 2.45) is 0 Å². The quantitative estimate of drug-likeness (QED) is 0.775. The molecule has 142 valence electrons. The highest BCUT2D eigenvalue weighted by molar-refractivity contribution is 7.85. The molecular formula is C19H22F2O4S. The Hall–Kier alpha value is -1.83. The molecule has 1 saturated carbocycles. The van der Waals surface area contributed by atoms with Crippen LogP contribution in [0.25, 0.3) is 0 Å². The van der Waals surface area contributed by atoms with Crippen LogP contribution in [0.5, 0.6) is 0 Å². The van der Waals surface area contributed by atoms with Crippen molar-refractivity contribution in [3.63, 3.8) is 0 Å². The van der Waals surface area contributed by atoms with Gasteiger partial charge in [0.1, 0.15) is 11.6 Å². The zero-order chi connectivity index (χ0) is 19.4. The predicted molar refractivity (Wildman–Crippen MR) is 95.5 cm³/mol. The SMILES string of the molecule is CS(=O)(=O)O.OC1CCC(c2ccc(F)cc2)(c2ccc(F)cc2)CC1. The lowest BCUT2D eigenvalue weighted by Crippen LogP contribution is -2.34. The minimum atomic E-state index is -3.67. The summed E-state index contributed by atoms with van der Waals surface area (Å²) in [5.74, 6) is -0.521. The molecular weight excluding hydrogens is 362 g/mol. The van der Waals surface area contributed by atoms with E-state index in [9.17, 15) is 22.3 Å². The van der Waals surface area contributed by atoms with Gasteiger partial charge < -0.3 is 5.11 Å². The normalized spacial score (nSPS) is 17.3. The molecule has 0 saturated heterocycles. The zero-order valence-electron chi connectivity index (χ0n) is 14.4. The third-order valence-electron chi connectivity index (χ3n) is 4.60. The third kappa shape index (κ3) is 5.59. The minimum Gasteiger partial charge on any atom is -0.393 e. The Kier molecular flexibility index (Phi) is 6.49. The third-order valence-corrected chi connectivity index (χ3v) is 4.60. The first-order chi connectivity index (χ1) is 12.1. The lowest BCUT2D eigenvalue weighted by atomic mass is 9.65. The Labute approximate surface area is 152 Å². The fourth-order valence-electron chi connectivity index (χ4n) is 3.38. The van der Waals surface area contributed by atoms with E-state index in [0.29, 0.717) is 19.1 Å². The van der Waals surface area contributed by atoms with Crippen molar-refractivity contribution in [3.8, 4) is 0 Å². The summed E-state index contributed by atoms with van der Waals surface area (Å²) in [6.07, 6.45) is 3.41. The number of aliphatic hydroxyl groups excluding tert-OH is 1. The van der Waals surface area contributed by atoms with Crippen molar-refractivity contribution in [1.82, 2.24) is 0 Å². The molecule has 7 heteroatoms. The van der Waals surface area contributed by atoms with Gasteiger partial charge in [0.15, 0.2) is 0 Å². The van der Waals surface area contributed by atoms with Crippen molar-refractivity contribution in [3.05, 3.63) is 71.3 Å². The van der Waals surface area contributed by atoms with Crippen LogP contribution in [0.4, 0.5) is 8.78 Å². The number of aliphatic hydroxyl groups is 1. The number of hydrogen-bond acceptors (Lipinski definition) is 3. The van der Waals surface area contributed by atoms with Gasteiger partial charge in [-0.3, -0.25) is 4.55 Å². The average Bonchev–Trinajstić information content (AvgIpc) is 2.56. The maximum atomic E-state index is 13.2. The summed E-state index contributed by atoms with van der Waals surface area (Å²) in [5, 5.41) is 9.80. The molecule has 0 radical (unpaired) electrons. The first-order valence-electron chi connectivity index (χ1n) is 8.23. The number of rotatable bonds is 2. The monoisotopic (exact) mass is 384 g/mol. The summed E-state index contributed by atoms with van der Waals surface area (Å²) in [5.41, 5.74) is 1.80. The summed E-state index contributed by atoms with van der Waals surface area (Å²) < 4.78 is 52.3. The lowest BCUT2D eigenvalue weighted by Gasteiger charge is -2.40. The maximum Gasteiger partial charge on any atom is 0.261 e. The van der Waals surface area contributed by atoms with Crippen LogP contribution >= 0.6 is 0 Å². The van der Waals surface area contributed by atoms with Crippen LogP contribution in [-0.2, 0) is 15.5 Å². The second-order valence-corrected chi connectivity index (χ2v) is 8.03. The van der Waals surface area contributed by atoms with E-state index in [1.54, 1.807) is 24.3 Å². The summed E-state index contributed by atoms with van der Waals surface area (Å²) in [7, 11) is -3.67. The van der Waals surface area contributed by atoms with Gasteiger partial charge in [0.2, 0.25) is 0 Å². The average molecular weight is 384 g/mol. The van der Waals surface area contributed by atoms with Crippen molar-refractivity contribution >= 4 is 10.1 Å². The Morgan fingerprint density at radius 1 is 0.885 bits per heavy atom.